The van der Waals surface area contributed by atoms with Gasteiger partial charge in [0.1, 0.15) is 18.0 Å². The Bertz CT molecular complexity index is 878. The van der Waals surface area contributed by atoms with Crippen molar-refractivity contribution in [2.45, 2.75) is 37.3 Å². The maximum absolute atomic E-state index is 13.0. The van der Waals surface area contributed by atoms with Gasteiger partial charge in [0.25, 0.3) is 0 Å². The Balaban J connectivity index is 1.46. The fraction of sp³-hybridized carbons (Fsp3) is 0.273. The van der Waals surface area contributed by atoms with Crippen molar-refractivity contribution >= 4 is 18.0 Å². The number of carbonyl (C=O) groups is 2. The van der Waals surface area contributed by atoms with Crippen LogP contribution in [0.4, 0.5) is 4.39 Å². The summed E-state index contributed by atoms with van der Waals surface area (Å²) in [5.41, 5.74) is 1.72. The van der Waals surface area contributed by atoms with E-state index < -0.39 is 30.4 Å². The van der Waals surface area contributed by atoms with Crippen molar-refractivity contribution in [2.75, 3.05) is 0 Å². The molecule has 0 radical (unpaired) electrons. The molecular weight excluding hydrogens is 363 g/mol. The number of rotatable bonds is 5. The van der Waals surface area contributed by atoms with Gasteiger partial charge in [0.2, 0.25) is 0 Å². The zero-order valence-electron chi connectivity index (χ0n) is 15.0. The number of ether oxygens (including phenoxy) is 3. The van der Waals surface area contributed by atoms with E-state index in [0.717, 1.165) is 5.56 Å². The van der Waals surface area contributed by atoms with Gasteiger partial charge in [-0.25, -0.2) is 9.18 Å². The Morgan fingerprint density at radius 1 is 1.14 bits per heavy atom. The Morgan fingerprint density at radius 3 is 2.64 bits per heavy atom. The van der Waals surface area contributed by atoms with E-state index in [9.17, 15) is 14.0 Å². The molecule has 144 valence electrons. The van der Waals surface area contributed by atoms with Crippen molar-refractivity contribution in [3.63, 3.8) is 0 Å². The molecule has 2 aromatic rings. The maximum atomic E-state index is 13.0. The molecule has 5 nitrogen and oxygen atoms in total. The van der Waals surface area contributed by atoms with E-state index in [1.807, 2.05) is 30.3 Å². The van der Waals surface area contributed by atoms with Crippen LogP contribution in [-0.4, -0.2) is 36.4 Å². The van der Waals surface area contributed by atoms with Gasteiger partial charge in [0, 0.05) is 12.5 Å². The van der Waals surface area contributed by atoms with Crippen LogP contribution in [0.2, 0.25) is 0 Å². The number of benzene rings is 2. The van der Waals surface area contributed by atoms with Crippen LogP contribution in [0.15, 0.2) is 60.7 Å². The van der Waals surface area contributed by atoms with Crippen LogP contribution in [-0.2, 0) is 30.2 Å². The Labute approximate surface area is 161 Å². The van der Waals surface area contributed by atoms with E-state index in [0.29, 0.717) is 12.0 Å². The van der Waals surface area contributed by atoms with Crippen molar-refractivity contribution in [3.8, 4) is 0 Å². The Morgan fingerprint density at radius 2 is 1.89 bits per heavy atom. The van der Waals surface area contributed by atoms with Gasteiger partial charge in [0.05, 0.1) is 6.42 Å². The molecule has 0 spiro atoms. The molecule has 4 atom stereocenters. The normalized spacial score (nSPS) is 26.2. The average Bonchev–Trinajstić information content (AvgIpc) is 3.19. The minimum absolute atomic E-state index is 0.162. The molecule has 4 rings (SSSR count). The summed E-state index contributed by atoms with van der Waals surface area (Å²) >= 11 is 0. The predicted molar refractivity (Wildman–Crippen MR) is 98.6 cm³/mol. The Hall–Kier alpha value is -2.99. The third-order valence-corrected chi connectivity index (χ3v) is 4.86. The van der Waals surface area contributed by atoms with Crippen LogP contribution in [0.1, 0.15) is 17.5 Å². The van der Waals surface area contributed by atoms with E-state index in [1.165, 1.54) is 18.2 Å². The number of hydrogen-bond donors (Lipinski definition) is 0. The number of halogens is 1. The smallest absolute Gasteiger partial charge is 0.331 e. The summed E-state index contributed by atoms with van der Waals surface area (Å²) in [6.45, 7) is 0. The third kappa shape index (κ3) is 4.12. The number of esters is 2. The van der Waals surface area contributed by atoms with Gasteiger partial charge in [-0.1, -0.05) is 42.5 Å². The third-order valence-electron chi connectivity index (χ3n) is 4.86. The summed E-state index contributed by atoms with van der Waals surface area (Å²) < 4.78 is 29.9. The van der Waals surface area contributed by atoms with Gasteiger partial charge in [-0.2, -0.15) is 0 Å². The average molecular weight is 382 g/mol. The van der Waals surface area contributed by atoms with Crippen molar-refractivity contribution in [2.24, 2.45) is 0 Å². The molecule has 0 saturated carbocycles. The lowest BCUT2D eigenvalue weighted by Crippen LogP contribution is -2.37. The van der Waals surface area contributed by atoms with Crippen LogP contribution in [0, 0.1) is 5.82 Å². The molecule has 28 heavy (non-hydrogen) atoms. The number of hydrogen-bond acceptors (Lipinski definition) is 5. The van der Waals surface area contributed by atoms with E-state index in [1.54, 1.807) is 18.2 Å². The van der Waals surface area contributed by atoms with Crippen LogP contribution >= 0.6 is 0 Å². The highest BCUT2D eigenvalue weighted by Crippen LogP contribution is 2.35. The minimum Gasteiger partial charge on any atom is -0.455 e. The largest absolute Gasteiger partial charge is 0.455 e. The summed E-state index contributed by atoms with van der Waals surface area (Å²) in [7, 11) is 0. The predicted octanol–water partition coefficient (Wildman–Crippen LogP) is 3.08. The summed E-state index contributed by atoms with van der Waals surface area (Å²) in [5, 5.41) is 0. The maximum Gasteiger partial charge on any atom is 0.331 e. The zero-order chi connectivity index (χ0) is 19.5. The molecule has 0 amide bonds. The molecule has 0 bridgehead atoms. The lowest BCUT2D eigenvalue weighted by Gasteiger charge is -2.21. The molecule has 0 N–H and O–H groups in total. The summed E-state index contributed by atoms with van der Waals surface area (Å²) in [4.78, 5) is 23.9. The molecule has 0 aromatic heterocycles. The second kappa shape index (κ2) is 7.94. The fourth-order valence-corrected chi connectivity index (χ4v) is 3.54. The van der Waals surface area contributed by atoms with Crippen molar-refractivity contribution in [3.05, 3.63) is 77.6 Å². The monoisotopic (exact) mass is 382 g/mol. The number of fused-ring (bicyclic) bond motifs is 1. The standard InChI is InChI=1S/C22H19FO5/c23-16-9-6-14(7-10-16)8-11-19(24)27-21-17(12-15-4-2-1-3-5-15)26-18-13-20(25)28-22(18)21/h1-11,17-18,21-22H,12-13H2/b11-8+/t17-,18-,21+,22+/m1/s1. The van der Waals surface area contributed by atoms with Gasteiger partial charge in [0.15, 0.2) is 12.2 Å². The summed E-state index contributed by atoms with van der Waals surface area (Å²) in [6.07, 6.45) is 1.46. The van der Waals surface area contributed by atoms with Crippen molar-refractivity contribution in [1.29, 1.82) is 0 Å². The molecule has 2 aliphatic heterocycles. The lowest BCUT2D eigenvalue weighted by molar-refractivity contribution is -0.158. The van der Waals surface area contributed by atoms with Gasteiger partial charge in [-0.15, -0.1) is 0 Å². The highest BCUT2D eigenvalue weighted by molar-refractivity contribution is 5.87. The highest BCUT2D eigenvalue weighted by atomic mass is 19.1. The van der Waals surface area contributed by atoms with Gasteiger partial charge in [-0.3, -0.25) is 4.79 Å². The van der Waals surface area contributed by atoms with E-state index in [-0.39, 0.29) is 18.2 Å². The highest BCUT2D eigenvalue weighted by Gasteiger charge is 2.53. The summed E-state index contributed by atoms with van der Waals surface area (Å²) in [6, 6.07) is 15.5. The van der Waals surface area contributed by atoms with Gasteiger partial charge >= 0.3 is 11.9 Å². The second-order valence-corrected chi connectivity index (χ2v) is 6.85. The SMILES string of the molecule is O=C(/C=C/c1ccc(F)cc1)O[C@@H]1[C@H]2OC(=O)C[C@H]2O[C@@H]1Cc1ccccc1. The van der Waals surface area contributed by atoms with Crippen LogP contribution in [0.3, 0.4) is 0 Å². The molecule has 2 saturated heterocycles. The molecule has 6 heteroatoms. The first kappa shape index (κ1) is 18.4. The molecular formula is C22H19FO5. The van der Waals surface area contributed by atoms with Gasteiger partial charge in [-0.05, 0) is 29.3 Å². The number of carbonyl (C=O) groups excluding carboxylic acids is 2. The molecule has 0 aliphatic carbocycles. The molecule has 2 fully saturated rings. The molecule has 0 unspecified atom stereocenters. The lowest BCUT2D eigenvalue weighted by atomic mass is 10.0. The quantitative estimate of drug-likeness (QED) is 0.588. The summed E-state index contributed by atoms with van der Waals surface area (Å²) in [5.74, 6) is -1.27. The van der Waals surface area contributed by atoms with Crippen molar-refractivity contribution in [1.82, 2.24) is 0 Å². The fourth-order valence-electron chi connectivity index (χ4n) is 3.54. The van der Waals surface area contributed by atoms with Gasteiger partial charge < -0.3 is 14.2 Å². The first-order valence-electron chi connectivity index (χ1n) is 9.11. The van der Waals surface area contributed by atoms with E-state index >= 15 is 0 Å². The molecule has 2 heterocycles. The van der Waals surface area contributed by atoms with E-state index in [4.69, 9.17) is 14.2 Å². The minimum atomic E-state index is -0.679. The molecule has 2 aliphatic rings. The second-order valence-electron chi connectivity index (χ2n) is 6.85. The zero-order valence-corrected chi connectivity index (χ0v) is 15.0. The van der Waals surface area contributed by atoms with Crippen molar-refractivity contribution < 1.29 is 28.2 Å². The first-order valence-corrected chi connectivity index (χ1v) is 9.11. The van der Waals surface area contributed by atoms with E-state index in [2.05, 4.69) is 0 Å². The Kier molecular flexibility index (Phi) is 5.21. The van der Waals surface area contributed by atoms with Crippen LogP contribution < -0.4 is 0 Å². The van der Waals surface area contributed by atoms with Crippen LogP contribution in [0.25, 0.3) is 6.08 Å². The first-order chi connectivity index (χ1) is 13.6. The molecule has 2 aromatic carbocycles. The van der Waals surface area contributed by atoms with Crippen LogP contribution in [0.5, 0.6) is 0 Å². The topological polar surface area (TPSA) is 61.8 Å².